The van der Waals surface area contributed by atoms with Crippen LogP contribution in [0, 0.1) is 0 Å². The van der Waals surface area contributed by atoms with E-state index < -0.39 is 0 Å². The minimum absolute atomic E-state index is 0.550. The lowest BCUT2D eigenvalue weighted by Gasteiger charge is -2.06. The van der Waals surface area contributed by atoms with Crippen molar-refractivity contribution in [2.45, 2.75) is 0 Å². The van der Waals surface area contributed by atoms with Crippen molar-refractivity contribution in [2.24, 2.45) is 0 Å². The van der Waals surface area contributed by atoms with Crippen molar-refractivity contribution in [3.05, 3.63) is 55.1 Å². The summed E-state index contributed by atoms with van der Waals surface area (Å²) in [5.41, 5.74) is 0. The average molecular weight is 228 g/mol. The standard InChI is InChI=1S/C13H12O.C2H4O/c1-2-10-14-13-9-5-7-11-6-3-4-8-12(11)13;1-2-3-1/h2-9H,1,10H2;1-2H2. The fourth-order valence-electron chi connectivity index (χ4n) is 1.47. The summed E-state index contributed by atoms with van der Waals surface area (Å²) >= 11 is 0. The van der Waals surface area contributed by atoms with Crippen molar-refractivity contribution in [2.75, 3.05) is 19.8 Å². The summed E-state index contributed by atoms with van der Waals surface area (Å²) in [6.45, 7) is 6.18. The fourth-order valence-corrected chi connectivity index (χ4v) is 1.47. The summed E-state index contributed by atoms with van der Waals surface area (Å²) in [5, 5.41) is 2.35. The molecule has 88 valence electrons. The Labute approximate surface area is 101 Å². The van der Waals surface area contributed by atoms with Crippen molar-refractivity contribution in [3.63, 3.8) is 0 Å². The molecule has 1 heterocycles. The van der Waals surface area contributed by atoms with Crippen LogP contribution >= 0.6 is 0 Å². The first-order chi connectivity index (χ1) is 8.42. The molecule has 0 amide bonds. The molecule has 0 N–H and O–H groups in total. The van der Waals surface area contributed by atoms with E-state index in [0.717, 1.165) is 24.3 Å². The van der Waals surface area contributed by atoms with Crippen LogP contribution in [0.4, 0.5) is 0 Å². The number of fused-ring (bicyclic) bond motifs is 1. The van der Waals surface area contributed by atoms with Gasteiger partial charge in [-0.15, -0.1) is 0 Å². The summed E-state index contributed by atoms with van der Waals surface area (Å²) < 4.78 is 10.1. The number of ether oxygens (including phenoxy) is 2. The molecule has 0 unspecified atom stereocenters. The van der Waals surface area contributed by atoms with Crippen LogP contribution in [-0.4, -0.2) is 19.8 Å². The van der Waals surface area contributed by atoms with E-state index in [1.165, 1.54) is 5.39 Å². The molecule has 1 aliphatic heterocycles. The second kappa shape index (κ2) is 6.06. The van der Waals surface area contributed by atoms with Crippen LogP contribution < -0.4 is 4.74 Å². The number of hydrogen-bond acceptors (Lipinski definition) is 2. The van der Waals surface area contributed by atoms with Crippen LogP contribution in [0.5, 0.6) is 5.75 Å². The molecule has 1 fully saturated rings. The first-order valence-electron chi connectivity index (χ1n) is 5.71. The van der Waals surface area contributed by atoms with E-state index >= 15 is 0 Å². The van der Waals surface area contributed by atoms with Gasteiger partial charge in [-0.2, -0.15) is 0 Å². The highest BCUT2D eigenvalue weighted by atomic mass is 16.6. The second-order valence-electron chi connectivity index (χ2n) is 3.69. The first-order valence-corrected chi connectivity index (χ1v) is 5.71. The monoisotopic (exact) mass is 228 g/mol. The fraction of sp³-hybridized carbons (Fsp3) is 0.200. The van der Waals surface area contributed by atoms with Gasteiger partial charge in [0.2, 0.25) is 0 Å². The summed E-state index contributed by atoms with van der Waals surface area (Å²) in [5.74, 6) is 0.919. The van der Waals surface area contributed by atoms with Gasteiger partial charge in [-0.3, -0.25) is 0 Å². The molecular formula is C15H16O2. The number of hydrogen-bond donors (Lipinski definition) is 0. The first kappa shape index (κ1) is 11.7. The molecule has 2 heteroatoms. The Morgan fingerprint density at radius 2 is 1.82 bits per heavy atom. The maximum atomic E-state index is 5.55. The molecule has 0 aromatic heterocycles. The quantitative estimate of drug-likeness (QED) is 0.593. The van der Waals surface area contributed by atoms with Crippen LogP contribution in [0.2, 0.25) is 0 Å². The zero-order chi connectivity index (χ0) is 11.9. The average Bonchev–Trinajstić information content (AvgIpc) is 3.24. The Balaban J connectivity index is 0.000000313. The topological polar surface area (TPSA) is 21.8 Å². The van der Waals surface area contributed by atoms with Crippen molar-refractivity contribution in [1.82, 2.24) is 0 Å². The molecule has 0 aliphatic carbocycles. The Kier molecular flexibility index (Phi) is 4.17. The third-order valence-corrected chi connectivity index (χ3v) is 2.31. The number of rotatable bonds is 3. The molecule has 1 saturated heterocycles. The zero-order valence-corrected chi connectivity index (χ0v) is 9.76. The van der Waals surface area contributed by atoms with Crippen molar-refractivity contribution in [1.29, 1.82) is 0 Å². The summed E-state index contributed by atoms with van der Waals surface area (Å²) in [6.07, 6.45) is 1.75. The molecular weight excluding hydrogens is 212 g/mol. The minimum atomic E-state index is 0.550. The third kappa shape index (κ3) is 3.61. The predicted molar refractivity (Wildman–Crippen MR) is 70.5 cm³/mol. The van der Waals surface area contributed by atoms with Crippen LogP contribution in [0.3, 0.4) is 0 Å². The minimum Gasteiger partial charge on any atom is -0.489 e. The Hall–Kier alpha value is -1.80. The number of epoxide rings is 1. The molecule has 3 rings (SSSR count). The summed E-state index contributed by atoms with van der Waals surface area (Å²) in [6, 6.07) is 14.2. The van der Waals surface area contributed by atoms with E-state index in [1.54, 1.807) is 6.08 Å². The molecule has 2 aromatic rings. The summed E-state index contributed by atoms with van der Waals surface area (Å²) in [7, 11) is 0. The van der Waals surface area contributed by atoms with Gasteiger partial charge in [0.05, 0.1) is 13.2 Å². The lowest BCUT2D eigenvalue weighted by Crippen LogP contribution is -1.92. The van der Waals surface area contributed by atoms with Crippen molar-refractivity contribution >= 4 is 10.8 Å². The van der Waals surface area contributed by atoms with Gasteiger partial charge in [0.1, 0.15) is 12.4 Å². The molecule has 2 nitrogen and oxygen atoms in total. The molecule has 1 aliphatic rings. The van der Waals surface area contributed by atoms with Crippen molar-refractivity contribution < 1.29 is 9.47 Å². The van der Waals surface area contributed by atoms with E-state index in [2.05, 4.69) is 29.5 Å². The Morgan fingerprint density at radius 3 is 2.53 bits per heavy atom. The number of benzene rings is 2. The van der Waals surface area contributed by atoms with Gasteiger partial charge in [0.25, 0.3) is 0 Å². The highest BCUT2D eigenvalue weighted by Gasteiger charge is 1.98. The largest absolute Gasteiger partial charge is 0.489 e. The van der Waals surface area contributed by atoms with Crippen LogP contribution in [0.1, 0.15) is 0 Å². The summed E-state index contributed by atoms with van der Waals surface area (Å²) in [4.78, 5) is 0. The SMILES string of the molecule is C1CO1.C=CCOc1cccc2ccccc12. The van der Waals surface area contributed by atoms with Gasteiger partial charge in [-0.25, -0.2) is 0 Å². The smallest absolute Gasteiger partial charge is 0.127 e. The van der Waals surface area contributed by atoms with Crippen LogP contribution in [0.25, 0.3) is 10.8 Å². The lowest BCUT2D eigenvalue weighted by atomic mass is 10.1. The van der Waals surface area contributed by atoms with Gasteiger partial charge >= 0.3 is 0 Å². The predicted octanol–water partition coefficient (Wildman–Crippen LogP) is 3.42. The van der Waals surface area contributed by atoms with E-state index in [-0.39, 0.29) is 0 Å². The van der Waals surface area contributed by atoms with Crippen molar-refractivity contribution in [3.8, 4) is 5.75 Å². The van der Waals surface area contributed by atoms with Gasteiger partial charge in [0, 0.05) is 5.39 Å². The molecule has 0 spiro atoms. The lowest BCUT2D eigenvalue weighted by molar-refractivity contribution is 0.367. The maximum Gasteiger partial charge on any atom is 0.127 e. The van der Waals surface area contributed by atoms with Gasteiger partial charge in [0.15, 0.2) is 0 Å². The maximum absolute atomic E-state index is 5.55. The highest BCUT2D eigenvalue weighted by molar-refractivity contribution is 5.88. The van der Waals surface area contributed by atoms with E-state index in [9.17, 15) is 0 Å². The van der Waals surface area contributed by atoms with Gasteiger partial charge in [-0.05, 0) is 11.5 Å². The Morgan fingerprint density at radius 1 is 1.12 bits per heavy atom. The normalized spacial score (nSPS) is 12.5. The second-order valence-corrected chi connectivity index (χ2v) is 3.69. The molecule has 0 bridgehead atoms. The van der Waals surface area contributed by atoms with E-state index in [4.69, 9.17) is 4.74 Å². The van der Waals surface area contributed by atoms with Crippen LogP contribution in [0.15, 0.2) is 55.1 Å². The van der Waals surface area contributed by atoms with Gasteiger partial charge in [-0.1, -0.05) is 49.1 Å². The van der Waals surface area contributed by atoms with E-state index in [1.807, 2.05) is 24.3 Å². The highest BCUT2D eigenvalue weighted by Crippen LogP contribution is 2.24. The van der Waals surface area contributed by atoms with Crippen LogP contribution in [-0.2, 0) is 4.74 Å². The molecule has 17 heavy (non-hydrogen) atoms. The molecule has 2 aromatic carbocycles. The van der Waals surface area contributed by atoms with E-state index in [0.29, 0.717) is 6.61 Å². The molecule has 0 saturated carbocycles. The zero-order valence-electron chi connectivity index (χ0n) is 9.76. The van der Waals surface area contributed by atoms with Gasteiger partial charge < -0.3 is 9.47 Å². The third-order valence-electron chi connectivity index (χ3n) is 2.31. The molecule has 0 radical (unpaired) electrons. The molecule has 0 atom stereocenters. The Bertz CT molecular complexity index is 481.